The molecule has 0 atom stereocenters. The molecule has 0 N–H and O–H groups in total. The summed E-state index contributed by atoms with van der Waals surface area (Å²) >= 11 is 0. The van der Waals surface area contributed by atoms with Gasteiger partial charge in [0.1, 0.15) is 24.7 Å². The van der Waals surface area contributed by atoms with Crippen LogP contribution in [0.3, 0.4) is 0 Å². The van der Waals surface area contributed by atoms with E-state index >= 15 is 0 Å². The second kappa shape index (κ2) is 9.43. The lowest BCUT2D eigenvalue weighted by atomic mass is 10.1. The Kier molecular flexibility index (Phi) is 6.47. The van der Waals surface area contributed by atoms with Crippen LogP contribution < -0.4 is 9.47 Å². The van der Waals surface area contributed by atoms with Gasteiger partial charge in [-0.15, -0.1) is 0 Å². The minimum atomic E-state index is -0.450. The highest BCUT2D eigenvalue weighted by Gasteiger charge is 2.05. The van der Waals surface area contributed by atoms with Crippen molar-refractivity contribution in [2.24, 2.45) is 0 Å². The van der Waals surface area contributed by atoms with Crippen molar-refractivity contribution >= 4 is 16.7 Å². The molecule has 138 valence electrons. The van der Waals surface area contributed by atoms with Crippen molar-refractivity contribution in [3.05, 3.63) is 84.9 Å². The fourth-order valence-electron chi connectivity index (χ4n) is 2.73. The second-order valence-corrected chi connectivity index (χ2v) is 5.94. The Morgan fingerprint density at radius 1 is 0.889 bits per heavy atom. The molecule has 0 amide bonds. The zero-order chi connectivity index (χ0) is 18.9. The van der Waals surface area contributed by atoms with Gasteiger partial charge in [-0.25, -0.2) is 4.79 Å². The zero-order valence-corrected chi connectivity index (χ0v) is 15.1. The van der Waals surface area contributed by atoms with Gasteiger partial charge in [-0.1, -0.05) is 49.0 Å². The first-order chi connectivity index (χ1) is 13.3. The zero-order valence-electron chi connectivity index (χ0n) is 15.1. The van der Waals surface area contributed by atoms with Gasteiger partial charge in [-0.2, -0.15) is 0 Å². The van der Waals surface area contributed by atoms with Crippen molar-refractivity contribution in [2.75, 3.05) is 19.8 Å². The summed E-state index contributed by atoms with van der Waals surface area (Å²) in [5.74, 6) is 1.13. The predicted molar refractivity (Wildman–Crippen MR) is 106 cm³/mol. The lowest BCUT2D eigenvalue weighted by Crippen LogP contribution is -2.10. The minimum absolute atomic E-state index is 0.182. The third-order valence-corrected chi connectivity index (χ3v) is 4.07. The van der Waals surface area contributed by atoms with Gasteiger partial charge >= 0.3 is 5.97 Å². The Labute approximate surface area is 159 Å². The van der Waals surface area contributed by atoms with Crippen LogP contribution in [0.4, 0.5) is 0 Å². The van der Waals surface area contributed by atoms with Gasteiger partial charge < -0.3 is 14.2 Å². The van der Waals surface area contributed by atoms with Crippen LogP contribution in [-0.2, 0) is 16.0 Å². The molecule has 3 rings (SSSR count). The van der Waals surface area contributed by atoms with Crippen LogP contribution in [0.15, 0.2) is 79.4 Å². The van der Waals surface area contributed by atoms with Crippen LogP contribution in [0.25, 0.3) is 10.8 Å². The average molecular weight is 362 g/mol. The molecule has 0 fully saturated rings. The monoisotopic (exact) mass is 362 g/mol. The summed E-state index contributed by atoms with van der Waals surface area (Å²) in [7, 11) is 0. The SMILES string of the molecule is C=CC(=O)OCCOc1cccc2cc(OCCc3ccccc3)ccc12. The van der Waals surface area contributed by atoms with Crippen molar-refractivity contribution in [3.63, 3.8) is 0 Å². The molecule has 0 radical (unpaired) electrons. The number of esters is 1. The molecular formula is C23H22O4. The summed E-state index contributed by atoms with van der Waals surface area (Å²) in [6.45, 7) is 4.45. The van der Waals surface area contributed by atoms with E-state index in [-0.39, 0.29) is 13.2 Å². The Hall–Kier alpha value is -3.27. The molecule has 27 heavy (non-hydrogen) atoms. The van der Waals surface area contributed by atoms with Gasteiger partial charge in [0.2, 0.25) is 0 Å². The van der Waals surface area contributed by atoms with E-state index < -0.39 is 5.97 Å². The normalized spacial score (nSPS) is 10.4. The van der Waals surface area contributed by atoms with Crippen LogP contribution in [0.1, 0.15) is 5.56 Å². The molecule has 4 nitrogen and oxygen atoms in total. The van der Waals surface area contributed by atoms with E-state index in [2.05, 4.69) is 18.7 Å². The topological polar surface area (TPSA) is 44.8 Å². The first-order valence-electron chi connectivity index (χ1n) is 8.88. The van der Waals surface area contributed by atoms with Crippen molar-refractivity contribution in [3.8, 4) is 11.5 Å². The number of fused-ring (bicyclic) bond motifs is 1. The van der Waals surface area contributed by atoms with Crippen LogP contribution in [0, 0.1) is 0 Å². The highest BCUT2D eigenvalue weighted by molar-refractivity contribution is 5.89. The van der Waals surface area contributed by atoms with E-state index in [4.69, 9.17) is 14.2 Å². The molecule has 0 bridgehead atoms. The van der Waals surface area contributed by atoms with Gasteiger partial charge in [-0.05, 0) is 35.2 Å². The summed E-state index contributed by atoms with van der Waals surface area (Å²) in [4.78, 5) is 11.0. The number of benzene rings is 3. The molecular weight excluding hydrogens is 340 g/mol. The molecule has 0 aliphatic heterocycles. The smallest absolute Gasteiger partial charge is 0.330 e. The largest absolute Gasteiger partial charge is 0.493 e. The summed E-state index contributed by atoms with van der Waals surface area (Å²) in [5, 5.41) is 2.02. The number of hydrogen-bond donors (Lipinski definition) is 0. The third-order valence-electron chi connectivity index (χ3n) is 4.07. The average Bonchev–Trinajstić information content (AvgIpc) is 2.71. The van der Waals surface area contributed by atoms with E-state index in [1.54, 1.807) is 0 Å². The Balaban J connectivity index is 1.58. The van der Waals surface area contributed by atoms with Crippen LogP contribution in [0.5, 0.6) is 11.5 Å². The quantitative estimate of drug-likeness (QED) is 0.318. The fraction of sp³-hybridized carbons (Fsp3) is 0.174. The number of rotatable bonds is 9. The van der Waals surface area contributed by atoms with E-state index in [1.165, 1.54) is 5.56 Å². The molecule has 0 spiro atoms. The highest BCUT2D eigenvalue weighted by atomic mass is 16.6. The van der Waals surface area contributed by atoms with E-state index in [0.29, 0.717) is 6.61 Å². The summed E-state index contributed by atoms with van der Waals surface area (Å²) < 4.78 is 16.6. The Morgan fingerprint density at radius 3 is 2.56 bits per heavy atom. The third kappa shape index (κ3) is 5.35. The van der Waals surface area contributed by atoms with Crippen LogP contribution >= 0.6 is 0 Å². The van der Waals surface area contributed by atoms with Crippen molar-refractivity contribution < 1.29 is 19.0 Å². The second-order valence-electron chi connectivity index (χ2n) is 5.94. The van der Waals surface area contributed by atoms with Crippen molar-refractivity contribution in [1.29, 1.82) is 0 Å². The molecule has 0 unspecified atom stereocenters. The van der Waals surface area contributed by atoms with Gasteiger partial charge in [-0.3, -0.25) is 0 Å². The summed E-state index contributed by atoms with van der Waals surface area (Å²) in [6.07, 6.45) is 2.00. The molecule has 3 aromatic carbocycles. The molecule has 4 heteroatoms. The van der Waals surface area contributed by atoms with Gasteiger partial charge in [0.15, 0.2) is 0 Å². The predicted octanol–water partition coefficient (Wildman–Crippen LogP) is 4.57. The van der Waals surface area contributed by atoms with E-state index in [1.807, 2.05) is 54.6 Å². The van der Waals surface area contributed by atoms with Crippen LogP contribution in [-0.4, -0.2) is 25.8 Å². The highest BCUT2D eigenvalue weighted by Crippen LogP contribution is 2.28. The van der Waals surface area contributed by atoms with Crippen LogP contribution in [0.2, 0.25) is 0 Å². The summed E-state index contributed by atoms with van der Waals surface area (Å²) in [5.41, 5.74) is 1.26. The molecule has 0 saturated heterocycles. The first kappa shape index (κ1) is 18.5. The molecule has 0 saturated carbocycles. The van der Waals surface area contributed by atoms with Gasteiger partial charge in [0.05, 0.1) is 6.61 Å². The van der Waals surface area contributed by atoms with E-state index in [0.717, 1.165) is 34.8 Å². The lowest BCUT2D eigenvalue weighted by molar-refractivity contribution is -0.138. The maximum atomic E-state index is 11.0. The molecule has 0 aromatic heterocycles. The molecule has 0 aliphatic carbocycles. The number of hydrogen-bond acceptors (Lipinski definition) is 4. The van der Waals surface area contributed by atoms with Crippen molar-refractivity contribution in [1.82, 2.24) is 0 Å². The Morgan fingerprint density at radius 2 is 1.74 bits per heavy atom. The summed E-state index contributed by atoms with van der Waals surface area (Å²) in [6, 6.07) is 22.0. The number of carbonyl (C=O) groups is 1. The maximum Gasteiger partial charge on any atom is 0.330 e. The molecule has 0 heterocycles. The minimum Gasteiger partial charge on any atom is -0.493 e. The van der Waals surface area contributed by atoms with Gasteiger partial charge in [0, 0.05) is 17.9 Å². The van der Waals surface area contributed by atoms with E-state index in [9.17, 15) is 4.79 Å². The standard InChI is InChI=1S/C23H22O4/c1-2-23(24)27-16-15-26-22-10-6-9-19-17-20(11-12-21(19)22)25-14-13-18-7-4-3-5-8-18/h2-12,17H,1,13-16H2. The fourth-order valence-corrected chi connectivity index (χ4v) is 2.73. The Bertz CT molecular complexity index is 903. The number of ether oxygens (including phenoxy) is 3. The van der Waals surface area contributed by atoms with Gasteiger partial charge in [0.25, 0.3) is 0 Å². The van der Waals surface area contributed by atoms with Crippen molar-refractivity contribution in [2.45, 2.75) is 6.42 Å². The lowest BCUT2D eigenvalue weighted by Gasteiger charge is -2.11. The number of carbonyl (C=O) groups excluding carboxylic acids is 1. The molecule has 3 aromatic rings. The maximum absolute atomic E-state index is 11.0. The molecule has 0 aliphatic rings. The first-order valence-corrected chi connectivity index (χ1v) is 8.88.